The number of amidine groups is 1. The zero-order chi connectivity index (χ0) is 15.4. The molecule has 3 aliphatic rings. The summed E-state index contributed by atoms with van der Waals surface area (Å²) < 4.78 is 5.92. The zero-order valence-electron chi connectivity index (χ0n) is 12.5. The predicted octanol–water partition coefficient (Wildman–Crippen LogP) is 2.39. The van der Waals surface area contributed by atoms with Crippen molar-refractivity contribution >= 4 is 17.6 Å². The standard InChI is InChI=1S/C15H20N4OS/c1-3-5-12(6-4-2)13(9-16)11(18)19-15(14(12,13)10-17)20-7-8-21-15/h3-8H2,1-2H3,(H2,18,19)/t13-,14+,15+/m0/s1. The van der Waals surface area contributed by atoms with E-state index >= 15 is 0 Å². The molecule has 6 heteroatoms. The Balaban J connectivity index is 2.23. The Morgan fingerprint density at radius 1 is 1.29 bits per heavy atom. The fourth-order valence-electron chi connectivity index (χ4n) is 4.92. The van der Waals surface area contributed by atoms with Gasteiger partial charge in [0.25, 0.3) is 0 Å². The summed E-state index contributed by atoms with van der Waals surface area (Å²) in [5, 5.41) is 19.0. The zero-order valence-corrected chi connectivity index (χ0v) is 13.3. The van der Waals surface area contributed by atoms with E-state index in [4.69, 9.17) is 10.5 Å². The molecule has 0 unspecified atom stereocenters. The normalized spacial score (nSPS) is 42.2. The molecule has 1 spiro atoms. The summed E-state index contributed by atoms with van der Waals surface area (Å²) in [6.45, 7) is 4.73. The lowest BCUT2D eigenvalue weighted by Crippen LogP contribution is -2.37. The van der Waals surface area contributed by atoms with E-state index in [1.54, 1.807) is 0 Å². The first kappa shape index (κ1) is 14.7. The number of fused-ring (bicyclic) bond motifs is 2. The Morgan fingerprint density at radius 2 is 1.95 bits per heavy atom. The van der Waals surface area contributed by atoms with Crippen LogP contribution in [0.5, 0.6) is 0 Å². The van der Waals surface area contributed by atoms with Crippen molar-refractivity contribution in [2.24, 2.45) is 27.0 Å². The molecule has 0 aromatic rings. The van der Waals surface area contributed by atoms with E-state index in [0.29, 0.717) is 12.4 Å². The number of rotatable bonds is 4. The number of hydrogen-bond donors (Lipinski definition) is 1. The molecule has 2 heterocycles. The van der Waals surface area contributed by atoms with Gasteiger partial charge in [0.2, 0.25) is 5.06 Å². The van der Waals surface area contributed by atoms with Crippen LogP contribution in [0.4, 0.5) is 0 Å². The van der Waals surface area contributed by atoms with Gasteiger partial charge in [-0.25, -0.2) is 4.99 Å². The summed E-state index contributed by atoms with van der Waals surface area (Å²) in [5.74, 6) is 1.10. The van der Waals surface area contributed by atoms with Crippen molar-refractivity contribution in [2.75, 3.05) is 12.4 Å². The maximum atomic E-state index is 10.1. The fourth-order valence-corrected chi connectivity index (χ4v) is 6.30. The third-order valence-electron chi connectivity index (χ3n) is 5.43. The molecule has 0 aromatic heterocycles. The maximum Gasteiger partial charge on any atom is 0.230 e. The van der Waals surface area contributed by atoms with Crippen molar-refractivity contribution < 1.29 is 4.74 Å². The van der Waals surface area contributed by atoms with Gasteiger partial charge in [0.1, 0.15) is 11.3 Å². The highest BCUT2D eigenvalue weighted by atomic mass is 32.2. The predicted molar refractivity (Wildman–Crippen MR) is 81.1 cm³/mol. The van der Waals surface area contributed by atoms with Crippen LogP contribution in [0, 0.1) is 38.9 Å². The molecular weight excluding hydrogens is 284 g/mol. The van der Waals surface area contributed by atoms with Crippen molar-refractivity contribution in [3.05, 3.63) is 0 Å². The van der Waals surface area contributed by atoms with Gasteiger partial charge >= 0.3 is 0 Å². The maximum absolute atomic E-state index is 10.1. The quantitative estimate of drug-likeness (QED) is 0.860. The van der Waals surface area contributed by atoms with Crippen LogP contribution in [0.15, 0.2) is 4.99 Å². The number of hydrogen-bond acceptors (Lipinski definition) is 6. The van der Waals surface area contributed by atoms with Gasteiger partial charge in [-0.05, 0) is 12.8 Å². The minimum atomic E-state index is -0.974. The van der Waals surface area contributed by atoms with Crippen molar-refractivity contribution in [3.8, 4) is 12.1 Å². The molecule has 5 nitrogen and oxygen atoms in total. The van der Waals surface area contributed by atoms with Gasteiger partial charge in [0.05, 0.1) is 18.7 Å². The van der Waals surface area contributed by atoms with Gasteiger partial charge in [-0.15, -0.1) is 0 Å². The molecule has 0 amide bonds. The van der Waals surface area contributed by atoms with Crippen LogP contribution in [0.2, 0.25) is 0 Å². The van der Waals surface area contributed by atoms with Gasteiger partial charge in [-0.2, -0.15) is 10.5 Å². The van der Waals surface area contributed by atoms with Crippen LogP contribution in [0.25, 0.3) is 0 Å². The van der Waals surface area contributed by atoms with Gasteiger partial charge in [-0.1, -0.05) is 38.5 Å². The Kier molecular flexibility index (Phi) is 3.06. The van der Waals surface area contributed by atoms with Crippen molar-refractivity contribution in [3.63, 3.8) is 0 Å². The molecule has 2 N–H and O–H groups in total. The van der Waals surface area contributed by atoms with Crippen molar-refractivity contribution in [1.82, 2.24) is 0 Å². The molecule has 2 fully saturated rings. The number of nitrogens with two attached hydrogens (primary N) is 1. The van der Waals surface area contributed by atoms with Crippen LogP contribution in [-0.2, 0) is 4.74 Å². The third kappa shape index (κ3) is 1.18. The van der Waals surface area contributed by atoms with Crippen LogP contribution in [0.1, 0.15) is 39.5 Å². The monoisotopic (exact) mass is 304 g/mol. The summed E-state index contributed by atoms with van der Waals surface area (Å²) in [4.78, 5) is 4.49. The highest BCUT2D eigenvalue weighted by Crippen LogP contribution is 2.89. The van der Waals surface area contributed by atoms with E-state index in [2.05, 4.69) is 31.0 Å². The summed E-state index contributed by atoms with van der Waals surface area (Å²) in [6.07, 6.45) is 3.45. The molecule has 0 radical (unpaired) electrons. The van der Waals surface area contributed by atoms with E-state index in [9.17, 15) is 10.5 Å². The summed E-state index contributed by atoms with van der Waals surface area (Å²) >= 11 is 1.53. The second-order valence-corrected chi connectivity index (χ2v) is 7.33. The first-order valence-electron chi connectivity index (χ1n) is 7.54. The minimum absolute atomic E-state index is 0.308. The van der Waals surface area contributed by atoms with E-state index in [-0.39, 0.29) is 0 Å². The minimum Gasteiger partial charge on any atom is -0.386 e. The summed E-state index contributed by atoms with van der Waals surface area (Å²) in [5.41, 5.74) is 3.87. The summed E-state index contributed by atoms with van der Waals surface area (Å²) in [7, 11) is 0. The average Bonchev–Trinajstić information content (AvgIpc) is 2.76. The van der Waals surface area contributed by atoms with Gasteiger partial charge in [0, 0.05) is 11.2 Å². The molecule has 0 aromatic carbocycles. The Bertz CT molecular complexity index is 577. The van der Waals surface area contributed by atoms with Crippen LogP contribution < -0.4 is 5.73 Å². The van der Waals surface area contributed by atoms with Crippen LogP contribution in [-0.4, -0.2) is 23.3 Å². The molecule has 3 atom stereocenters. The van der Waals surface area contributed by atoms with E-state index in [0.717, 1.165) is 31.4 Å². The largest absolute Gasteiger partial charge is 0.386 e. The molecule has 21 heavy (non-hydrogen) atoms. The number of ether oxygens (including phenoxy) is 1. The first-order chi connectivity index (χ1) is 10.1. The van der Waals surface area contributed by atoms with E-state index < -0.39 is 21.3 Å². The Labute approximate surface area is 129 Å². The number of thioether (sulfide) groups is 1. The van der Waals surface area contributed by atoms with Crippen molar-refractivity contribution in [1.29, 1.82) is 10.5 Å². The molecule has 1 saturated heterocycles. The molecular formula is C15H20N4OS. The topological polar surface area (TPSA) is 95.2 Å². The van der Waals surface area contributed by atoms with Crippen molar-refractivity contribution in [2.45, 2.75) is 44.6 Å². The Morgan fingerprint density at radius 3 is 2.38 bits per heavy atom. The second-order valence-electron chi connectivity index (χ2n) is 6.08. The lowest BCUT2D eigenvalue weighted by molar-refractivity contribution is 0.00517. The number of aliphatic imine (C=N–C) groups is 1. The smallest absolute Gasteiger partial charge is 0.230 e. The highest BCUT2D eigenvalue weighted by molar-refractivity contribution is 8.00. The fraction of sp³-hybridized carbons (Fsp3) is 0.800. The number of nitriles is 2. The Hall–Kier alpha value is -1.24. The van der Waals surface area contributed by atoms with E-state index in [1.807, 2.05) is 0 Å². The first-order valence-corrected chi connectivity index (χ1v) is 8.53. The van der Waals surface area contributed by atoms with Crippen LogP contribution in [0.3, 0.4) is 0 Å². The molecule has 2 aliphatic heterocycles. The highest BCUT2D eigenvalue weighted by Gasteiger charge is 2.99. The molecule has 3 rings (SSSR count). The molecule has 1 saturated carbocycles. The van der Waals surface area contributed by atoms with E-state index in [1.165, 1.54) is 11.8 Å². The van der Waals surface area contributed by atoms with Gasteiger partial charge in [-0.3, -0.25) is 0 Å². The van der Waals surface area contributed by atoms with Gasteiger partial charge in [0.15, 0.2) is 5.41 Å². The lowest BCUT2D eigenvalue weighted by atomic mass is 9.82. The summed E-state index contributed by atoms with van der Waals surface area (Å²) in [6, 6.07) is 4.86. The van der Waals surface area contributed by atoms with Crippen LogP contribution >= 0.6 is 11.8 Å². The average molecular weight is 304 g/mol. The third-order valence-corrected chi connectivity index (χ3v) is 6.71. The second kappa shape index (κ2) is 4.38. The SMILES string of the molecule is CCCC1(CCC)[C@@]2(C#N)[C@@]3(N=C(N)[C@@]12C#N)OCCS3. The molecule has 0 bridgehead atoms. The number of nitrogens with zero attached hydrogens (tertiary/aromatic N) is 3. The lowest BCUT2D eigenvalue weighted by Gasteiger charge is -2.31. The molecule has 112 valence electrons. The molecule has 1 aliphatic carbocycles. The van der Waals surface area contributed by atoms with Gasteiger partial charge < -0.3 is 10.5 Å².